The summed E-state index contributed by atoms with van der Waals surface area (Å²) in [5, 5.41) is 2.89. The maximum Gasteiger partial charge on any atom is 0.287 e. The van der Waals surface area contributed by atoms with Crippen LogP contribution < -0.4 is 15.0 Å². The Morgan fingerprint density at radius 3 is 2.61 bits per heavy atom. The second-order valence-electron chi connectivity index (χ2n) is 7.28. The Kier molecular flexibility index (Phi) is 5.53. The van der Waals surface area contributed by atoms with Gasteiger partial charge in [0.05, 0.1) is 12.2 Å². The molecule has 2 amide bonds. The van der Waals surface area contributed by atoms with Crippen LogP contribution in [0.3, 0.4) is 0 Å². The highest BCUT2D eigenvalue weighted by atomic mass is 16.5. The van der Waals surface area contributed by atoms with Crippen molar-refractivity contribution in [3.05, 3.63) is 47.4 Å². The Morgan fingerprint density at radius 2 is 1.93 bits per heavy atom. The van der Waals surface area contributed by atoms with Crippen LogP contribution in [0.2, 0.25) is 0 Å². The number of ether oxygens (including phenoxy) is 1. The number of nitrogens with one attached hydrogen (secondary N) is 1. The van der Waals surface area contributed by atoms with E-state index in [2.05, 4.69) is 5.32 Å². The normalized spacial score (nSPS) is 14.5. The molecule has 1 aromatic heterocycles. The Hall–Kier alpha value is -3.09. The number of anilines is 1. The van der Waals surface area contributed by atoms with E-state index in [1.165, 1.54) is 11.8 Å². The van der Waals surface area contributed by atoms with E-state index in [-0.39, 0.29) is 42.6 Å². The van der Waals surface area contributed by atoms with E-state index >= 15 is 0 Å². The van der Waals surface area contributed by atoms with Crippen LogP contribution in [0, 0.1) is 5.92 Å². The maximum atomic E-state index is 12.4. The first kappa shape index (κ1) is 19.7. The Bertz CT molecular complexity index is 915. The SMILES string of the molecule is CC(=O)c1ccc2c(c1)N(Cc1ccc(C(=O)NC(C)C(C)C)o1)C(=O)CO2. The van der Waals surface area contributed by atoms with Gasteiger partial charge in [-0.15, -0.1) is 0 Å². The summed E-state index contributed by atoms with van der Waals surface area (Å²) in [4.78, 5) is 37.9. The number of benzene rings is 1. The number of ketones is 1. The second kappa shape index (κ2) is 7.88. The van der Waals surface area contributed by atoms with Gasteiger partial charge in [-0.1, -0.05) is 13.8 Å². The zero-order valence-electron chi connectivity index (χ0n) is 16.4. The number of carbonyl (C=O) groups excluding carboxylic acids is 3. The highest BCUT2D eigenvalue weighted by Crippen LogP contribution is 2.34. The van der Waals surface area contributed by atoms with Crippen molar-refractivity contribution in [3.8, 4) is 5.75 Å². The first-order chi connectivity index (χ1) is 13.3. The molecular formula is C21H24N2O5. The molecule has 1 atom stereocenters. The molecule has 2 aromatic rings. The zero-order chi connectivity index (χ0) is 20.4. The maximum absolute atomic E-state index is 12.4. The van der Waals surface area contributed by atoms with Crippen molar-refractivity contribution in [2.75, 3.05) is 11.5 Å². The number of Topliss-reactive ketones (excluding diaryl/α,β-unsaturated/α-hetero) is 1. The van der Waals surface area contributed by atoms with Gasteiger partial charge >= 0.3 is 0 Å². The van der Waals surface area contributed by atoms with Crippen molar-refractivity contribution in [2.24, 2.45) is 5.92 Å². The van der Waals surface area contributed by atoms with E-state index in [4.69, 9.17) is 9.15 Å². The fourth-order valence-corrected chi connectivity index (χ4v) is 2.78. The van der Waals surface area contributed by atoms with Gasteiger partial charge in [0.1, 0.15) is 11.5 Å². The van der Waals surface area contributed by atoms with E-state index in [0.29, 0.717) is 28.7 Å². The molecule has 0 radical (unpaired) electrons. The minimum atomic E-state index is -0.292. The van der Waals surface area contributed by atoms with E-state index in [0.717, 1.165) is 0 Å². The highest BCUT2D eigenvalue weighted by Gasteiger charge is 2.27. The molecular weight excluding hydrogens is 360 g/mol. The quantitative estimate of drug-likeness (QED) is 0.773. The fourth-order valence-electron chi connectivity index (χ4n) is 2.78. The van der Waals surface area contributed by atoms with Gasteiger partial charge < -0.3 is 14.5 Å². The minimum absolute atomic E-state index is 0.0127. The van der Waals surface area contributed by atoms with E-state index in [1.54, 1.807) is 30.3 Å². The van der Waals surface area contributed by atoms with Gasteiger partial charge in [0.25, 0.3) is 11.8 Å². The summed E-state index contributed by atoms with van der Waals surface area (Å²) in [5.74, 6) is 0.856. The van der Waals surface area contributed by atoms with E-state index in [9.17, 15) is 14.4 Å². The van der Waals surface area contributed by atoms with Crippen molar-refractivity contribution >= 4 is 23.3 Å². The lowest BCUT2D eigenvalue weighted by Crippen LogP contribution is -2.38. The van der Waals surface area contributed by atoms with Crippen LogP contribution in [-0.4, -0.2) is 30.2 Å². The van der Waals surface area contributed by atoms with Gasteiger partial charge in [0.2, 0.25) is 0 Å². The monoisotopic (exact) mass is 384 g/mol. The lowest BCUT2D eigenvalue weighted by molar-refractivity contribution is -0.121. The smallest absolute Gasteiger partial charge is 0.287 e. The molecule has 1 aliphatic heterocycles. The van der Waals surface area contributed by atoms with Crippen LogP contribution in [0.1, 0.15) is 54.4 Å². The first-order valence-corrected chi connectivity index (χ1v) is 9.24. The molecule has 148 valence electrons. The largest absolute Gasteiger partial charge is 0.482 e. The van der Waals surface area contributed by atoms with Crippen molar-refractivity contribution in [2.45, 2.75) is 40.3 Å². The van der Waals surface area contributed by atoms with E-state index < -0.39 is 0 Å². The molecule has 7 heteroatoms. The number of amides is 2. The Morgan fingerprint density at radius 1 is 1.18 bits per heavy atom. The van der Waals surface area contributed by atoms with Gasteiger partial charge in [-0.3, -0.25) is 19.3 Å². The third-order valence-corrected chi connectivity index (χ3v) is 4.87. The van der Waals surface area contributed by atoms with Crippen LogP contribution in [0.4, 0.5) is 5.69 Å². The Labute approximate surface area is 163 Å². The van der Waals surface area contributed by atoms with Crippen molar-refractivity contribution in [1.82, 2.24) is 5.32 Å². The van der Waals surface area contributed by atoms with Crippen LogP contribution in [0.5, 0.6) is 5.75 Å². The molecule has 3 rings (SSSR count). The molecule has 7 nitrogen and oxygen atoms in total. The van der Waals surface area contributed by atoms with Gasteiger partial charge in [0.15, 0.2) is 18.2 Å². The second-order valence-corrected chi connectivity index (χ2v) is 7.28. The molecule has 0 bridgehead atoms. The molecule has 1 aromatic carbocycles. The topological polar surface area (TPSA) is 88.9 Å². The summed E-state index contributed by atoms with van der Waals surface area (Å²) >= 11 is 0. The van der Waals surface area contributed by atoms with Gasteiger partial charge in [0, 0.05) is 11.6 Å². The number of hydrogen-bond acceptors (Lipinski definition) is 5. The summed E-state index contributed by atoms with van der Waals surface area (Å²) in [6.07, 6.45) is 0. The molecule has 0 saturated carbocycles. The van der Waals surface area contributed by atoms with Crippen molar-refractivity contribution < 1.29 is 23.5 Å². The highest BCUT2D eigenvalue weighted by molar-refractivity contribution is 6.01. The number of furan rings is 1. The standard InChI is InChI=1S/C21H24N2O5/c1-12(2)13(3)22-21(26)19-8-6-16(28-19)10-23-17-9-15(14(4)24)5-7-18(17)27-11-20(23)25/h5-9,12-13H,10-11H2,1-4H3,(H,22,26). The predicted molar refractivity (Wildman–Crippen MR) is 104 cm³/mol. The fraction of sp³-hybridized carbons (Fsp3) is 0.381. The van der Waals surface area contributed by atoms with Crippen LogP contribution >= 0.6 is 0 Å². The summed E-state index contributed by atoms with van der Waals surface area (Å²) in [5.41, 5.74) is 1.00. The summed E-state index contributed by atoms with van der Waals surface area (Å²) in [6, 6.07) is 8.26. The summed E-state index contributed by atoms with van der Waals surface area (Å²) in [7, 11) is 0. The molecule has 28 heavy (non-hydrogen) atoms. The summed E-state index contributed by atoms with van der Waals surface area (Å²) in [6.45, 7) is 7.50. The van der Waals surface area contributed by atoms with Crippen molar-refractivity contribution in [3.63, 3.8) is 0 Å². The van der Waals surface area contributed by atoms with Crippen LogP contribution in [0.15, 0.2) is 34.7 Å². The molecule has 0 spiro atoms. The number of fused-ring (bicyclic) bond motifs is 1. The third kappa shape index (κ3) is 4.08. The molecule has 1 N–H and O–H groups in total. The van der Waals surface area contributed by atoms with Crippen molar-refractivity contribution in [1.29, 1.82) is 0 Å². The van der Waals surface area contributed by atoms with Gasteiger partial charge in [-0.25, -0.2) is 0 Å². The number of hydrogen-bond donors (Lipinski definition) is 1. The average molecular weight is 384 g/mol. The third-order valence-electron chi connectivity index (χ3n) is 4.87. The molecule has 0 fully saturated rings. The minimum Gasteiger partial charge on any atom is -0.482 e. The summed E-state index contributed by atoms with van der Waals surface area (Å²) < 4.78 is 11.1. The molecule has 1 unspecified atom stereocenters. The van der Waals surface area contributed by atoms with Gasteiger partial charge in [-0.05, 0) is 50.1 Å². The number of rotatable bonds is 6. The molecule has 1 aliphatic rings. The lowest BCUT2D eigenvalue weighted by atomic mass is 10.1. The Balaban J connectivity index is 1.80. The molecule has 0 saturated heterocycles. The zero-order valence-corrected chi connectivity index (χ0v) is 16.4. The van der Waals surface area contributed by atoms with Gasteiger partial charge in [-0.2, -0.15) is 0 Å². The molecule has 2 heterocycles. The van der Waals surface area contributed by atoms with Crippen LogP contribution in [0.25, 0.3) is 0 Å². The molecule has 0 aliphatic carbocycles. The van der Waals surface area contributed by atoms with E-state index in [1.807, 2.05) is 20.8 Å². The van der Waals surface area contributed by atoms with Crippen LogP contribution in [-0.2, 0) is 11.3 Å². The predicted octanol–water partition coefficient (Wildman–Crippen LogP) is 3.18. The first-order valence-electron chi connectivity index (χ1n) is 9.24. The average Bonchev–Trinajstić information content (AvgIpc) is 3.12. The number of nitrogens with zero attached hydrogens (tertiary/aromatic N) is 1. The number of carbonyl (C=O) groups is 3. The lowest BCUT2D eigenvalue weighted by Gasteiger charge is -2.29.